The van der Waals surface area contributed by atoms with Crippen molar-refractivity contribution in [3.05, 3.63) is 72.1 Å². The van der Waals surface area contributed by atoms with Gasteiger partial charge in [0.2, 0.25) is 0 Å². The maximum absolute atomic E-state index is 13.3. The molecule has 0 saturated heterocycles. The molecule has 0 amide bonds. The number of aromatic nitrogens is 2. The Hall–Kier alpha value is -2.69. The van der Waals surface area contributed by atoms with Crippen LogP contribution in [0, 0.1) is 11.6 Å². The number of halogens is 2. The van der Waals surface area contributed by atoms with Crippen LogP contribution in [0.1, 0.15) is 5.56 Å². The Bertz CT molecular complexity index is 783. The van der Waals surface area contributed by atoms with Crippen molar-refractivity contribution >= 4 is 0 Å². The minimum absolute atomic E-state index is 0.182. The first-order valence-electron chi connectivity index (χ1n) is 6.38. The Morgan fingerprint density at radius 2 is 1.90 bits per heavy atom. The van der Waals surface area contributed by atoms with E-state index in [0.717, 1.165) is 17.7 Å². The largest absolute Gasteiger partial charge is 0.508 e. The number of phenolic OH excluding ortho intramolecular Hbond substituents is 1. The van der Waals surface area contributed by atoms with Crippen LogP contribution in [0.15, 0.2) is 54.9 Å². The van der Waals surface area contributed by atoms with Gasteiger partial charge in [0.15, 0.2) is 11.6 Å². The molecule has 0 spiro atoms. The molecule has 1 heterocycles. The molecule has 0 aliphatic heterocycles. The molecule has 0 aliphatic carbocycles. The SMILES string of the molecule is Oc1cccc(Cn2ccnc2-c2ccc(F)c(F)c2)c1. The lowest BCUT2D eigenvalue weighted by atomic mass is 10.2. The third-order valence-electron chi connectivity index (χ3n) is 3.16. The van der Waals surface area contributed by atoms with E-state index in [9.17, 15) is 13.9 Å². The maximum Gasteiger partial charge on any atom is 0.159 e. The second-order valence-electron chi connectivity index (χ2n) is 4.68. The number of nitrogens with zero attached hydrogens (tertiary/aromatic N) is 2. The van der Waals surface area contributed by atoms with Gasteiger partial charge in [-0.25, -0.2) is 13.8 Å². The van der Waals surface area contributed by atoms with Crippen LogP contribution < -0.4 is 0 Å². The molecule has 3 aromatic rings. The molecule has 3 nitrogen and oxygen atoms in total. The summed E-state index contributed by atoms with van der Waals surface area (Å²) >= 11 is 0. The van der Waals surface area contributed by atoms with Crippen molar-refractivity contribution in [2.24, 2.45) is 0 Å². The predicted molar refractivity (Wildman–Crippen MR) is 74.8 cm³/mol. The molecule has 3 rings (SSSR count). The highest BCUT2D eigenvalue weighted by atomic mass is 19.2. The van der Waals surface area contributed by atoms with Gasteiger partial charge in [0.1, 0.15) is 11.6 Å². The van der Waals surface area contributed by atoms with E-state index in [1.807, 2.05) is 6.07 Å². The van der Waals surface area contributed by atoms with Crippen molar-refractivity contribution in [1.29, 1.82) is 0 Å². The van der Waals surface area contributed by atoms with Crippen molar-refractivity contribution in [2.75, 3.05) is 0 Å². The van der Waals surface area contributed by atoms with E-state index in [4.69, 9.17) is 0 Å². The number of hydrogen-bond acceptors (Lipinski definition) is 2. The lowest BCUT2D eigenvalue weighted by Crippen LogP contribution is -2.01. The molecule has 1 N–H and O–H groups in total. The highest BCUT2D eigenvalue weighted by Gasteiger charge is 2.10. The molecule has 0 radical (unpaired) electrons. The minimum atomic E-state index is -0.903. The van der Waals surface area contributed by atoms with Gasteiger partial charge in [-0.3, -0.25) is 0 Å². The second-order valence-corrected chi connectivity index (χ2v) is 4.68. The van der Waals surface area contributed by atoms with Crippen LogP contribution in [0.3, 0.4) is 0 Å². The molecule has 2 aromatic carbocycles. The van der Waals surface area contributed by atoms with E-state index in [1.165, 1.54) is 6.07 Å². The average Bonchev–Trinajstić information content (AvgIpc) is 2.90. The van der Waals surface area contributed by atoms with Crippen LogP contribution in [0.2, 0.25) is 0 Å². The second kappa shape index (κ2) is 5.36. The summed E-state index contributed by atoms with van der Waals surface area (Å²) in [6.45, 7) is 0.475. The van der Waals surface area contributed by atoms with Crippen molar-refractivity contribution in [2.45, 2.75) is 6.54 Å². The summed E-state index contributed by atoms with van der Waals surface area (Å²) < 4.78 is 28.1. The molecule has 0 fully saturated rings. The van der Waals surface area contributed by atoms with Gasteiger partial charge < -0.3 is 9.67 Å². The van der Waals surface area contributed by atoms with Crippen LogP contribution in [-0.4, -0.2) is 14.7 Å². The maximum atomic E-state index is 13.3. The van der Waals surface area contributed by atoms with Gasteiger partial charge in [-0.05, 0) is 35.9 Å². The lowest BCUT2D eigenvalue weighted by Gasteiger charge is -2.09. The minimum Gasteiger partial charge on any atom is -0.508 e. The monoisotopic (exact) mass is 286 g/mol. The summed E-state index contributed by atoms with van der Waals surface area (Å²) in [7, 11) is 0. The summed E-state index contributed by atoms with van der Waals surface area (Å²) in [5, 5.41) is 9.48. The average molecular weight is 286 g/mol. The van der Waals surface area contributed by atoms with E-state index in [1.54, 1.807) is 35.2 Å². The Morgan fingerprint density at radius 1 is 1.05 bits per heavy atom. The zero-order valence-electron chi connectivity index (χ0n) is 11.0. The molecule has 0 saturated carbocycles. The normalized spacial score (nSPS) is 10.8. The van der Waals surface area contributed by atoms with Crippen LogP contribution in [0.4, 0.5) is 8.78 Å². The molecular formula is C16H12F2N2O. The number of imidazole rings is 1. The van der Waals surface area contributed by atoms with Crippen molar-refractivity contribution < 1.29 is 13.9 Å². The Morgan fingerprint density at radius 3 is 2.67 bits per heavy atom. The van der Waals surface area contributed by atoms with Gasteiger partial charge in [-0.15, -0.1) is 0 Å². The number of phenols is 1. The standard InChI is InChI=1S/C16H12F2N2O/c17-14-5-4-12(9-15(14)18)16-19-6-7-20(16)10-11-2-1-3-13(21)8-11/h1-9,21H,10H2. The molecule has 21 heavy (non-hydrogen) atoms. The molecule has 5 heteroatoms. The lowest BCUT2D eigenvalue weighted by molar-refractivity contribution is 0.474. The van der Waals surface area contributed by atoms with Crippen molar-refractivity contribution in [1.82, 2.24) is 9.55 Å². The summed E-state index contributed by atoms with van der Waals surface area (Å²) in [5.74, 6) is -1.07. The van der Waals surface area contributed by atoms with Gasteiger partial charge in [-0.2, -0.15) is 0 Å². The summed E-state index contributed by atoms with van der Waals surface area (Å²) in [5.41, 5.74) is 1.39. The number of aromatic hydroxyl groups is 1. The Balaban J connectivity index is 1.95. The first-order valence-corrected chi connectivity index (χ1v) is 6.38. The quantitative estimate of drug-likeness (QED) is 0.799. The van der Waals surface area contributed by atoms with Crippen LogP contribution in [-0.2, 0) is 6.54 Å². The highest BCUT2D eigenvalue weighted by molar-refractivity contribution is 5.55. The molecular weight excluding hydrogens is 274 g/mol. The van der Waals surface area contributed by atoms with Gasteiger partial charge in [0.25, 0.3) is 0 Å². The molecule has 0 atom stereocenters. The molecule has 0 bridgehead atoms. The summed E-state index contributed by atoms with van der Waals surface area (Å²) in [6.07, 6.45) is 3.35. The number of benzene rings is 2. The Labute approximate surface area is 120 Å². The van der Waals surface area contributed by atoms with Gasteiger partial charge >= 0.3 is 0 Å². The molecule has 1 aromatic heterocycles. The van der Waals surface area contributed by atoms with E-state index >= 15 is 0 Å². The van der Waals surface area contributed by atoms with Gasteiger partial charge in [0.05, 0.1) is 0 Å². The third-order valence-corrected chi connectivity index (χ3v) is 3.16. The molecule has 0 unspecified atom stereocenters. The van der Waals surface area contributed by atoms with Gasteiger partial charge in [0, 0.05) is 24.5 Å². The zero-order valence-corrected chi connectivity index (χ0v) is 11.0. The highest BCUT2D eigenvalue weighted by Crippen LogP contribution is 2.21. The molecule has 106 valence electrons. The Kier molecular flexibility index (Phi) is 3.39. The fourth-order valence-electron chi connectivity index (χ4n) is 2.18. The van der Waals surface area contributed by atoms with E-state index in [0.29, 0.717) is 17.9 Å². The van der Waals surface area contributed by atoms with Crippen LogP contribution in [0.25, 0.3) is 11.4 Å². The first-order chi connectivity index (χ1) is 10.1. The smallest absolute Gasteiger partial charge is 0.159 e. The molecule has 0 aliphatic rings. The summed E-state index contributed by atoms with van der Waals surface area (Å²) in [6, 6.07) is 10.5. The fraction of sp³-hybridized carbons (Fsp3) is 0.0625. The van der Waals surface area contributed by atoms with Crippen LogP contribution in [0.5, 0.6) is 5.75 Å². The van der Waals surface area contributed by atoms with E-state index in [-0.39, 0.29) is 5.75 Å². The zero-order chi connectivity index (χ0) is 14.8. The topological polar surface area (TPSA) is 38.0 Å². The van der Waals surface area contributed by atoms with Crippen molar-refractivity contribution in [3.8, 4) is 17.1 Å². The van der Waals surface area contributed by atoms with Gasteiger partial charge in [-0.1, -0.05) is 12.1 Å². The van der Waals surface area contributed by atoms with Crippen LogP contribution >= 0.6 is 0 Å². The van der Waals surface area contributed by atoms with E-state index in [2.05, 4.69) is 4.98 Å². The number of hydrogen-bond donors (Lipinski definition) is 1. The third kappa shape index (κ3) is 2.76. The predicted octanol–water partition coefficient (Wildman–Crippen LogP) is 3.58. The fourth-order valence-corrected chi connectivity index (χ4v) is 2.18. The summed E-state index contributed by atoms with van der Waals surface area (Å²) in [4.78, 5) is 4.19. The van der Waals surface area contributed by atoms with Crippen molar-refractivity contribution in [3.63, 3.8) is 0 Å². The first kappa shape index (κ1) is 13.3. The van der Waals surface area contributed by atoms with E-state index < -0.39 is 11.6 Å². The number of rotatable bonds is 3.